The molecule has 0 spiro atoms. The summed E-state index contributed by atoms with van der Waals surface area (Å²) >= 11 is 2.33. The molecule has 1 unspecified atom stereocenters. The SMILES string of the molecule is COCC(C)OC(C)(C)CI. The second-order valence-electron chi connectivity index (χ2n) is 3.28. The molecule has 0 heterocycles. The van der Waals surface area contributed by atoms with Gasteiger partial charge in [-0.1, -0.05) is 22.6 Å². The summed E-state index contributed by atoms with van der Waals surface area (Å²) < 4.78 is 11.7. The van der Waals surface area contributed by atoms with Gasteiger partial charge in [-0.2, -0.15) is 0 Å². The van der Waals surface area contributed by atoms with E-state index in [0.29, 0.717) is 6.61 Å². The van der Waals surface area contributed by atoms with Gasteiger partial charge in [-0.3, -0.25) is 0 Å². The molecule has 0 saturated heterocycles. The van der Waals surface area contributed by atoms with Gasteiger partial charge in [0.15, 0.2) is 0 Å². The van der Waals surface area contributed by atoms with Crippen LogP contribution in [0.5, 0.6) is 0 Å². The van der Waals surface area contributed by atoms with Crippen LogP contribution in [0.3, 0.4) is 0 Å². The van der Waals surface area contributed by atoms with E-state index in [9.17, 15) is 0 Å². The third-order valence-corrected chi connectivity index (χ3v) is 3.08. The lowest BCUT2D eigenvalue weighted by Gasteiger charge is -2.26. The number of hydrogen-bond donors (Lipinski definition) is 0. The van der Waals surface area contributed by atoms with Crippen LogP contribution < -0.4 is 0 Å². The van der Waals surface area contributed by atoms with Crippen molar-refractivity contribution in [3.8, 4) is 0 Å². The highest BCUT2D eigenvalue weighted by molar-refractivity contribution is 14.1. The van der Waals surface area contributed by atoms with Crippen molar-refractivity contribution in [1.82, 2.24) is 0 Å². The molecule has 0 amide bonds. The van der Waals surface area contributed by atoms with Crippen LogP contribution in [0.1, 0.15) is 20.8 Å². The van der Waals surface area contributed by atoms with Crippen LogP contribution in [0.4, 0.5) is 0 Å². The molecule has 0 fully saturated rings. The highest BCUT2D eigenvalue weighted by Crippen LogP contribution is 2.15. The predicted molar refractivity (Wildman–Crippen MR) is 55.4 cm³/mol. The first-order valence-corrected chi connectivity index (χ1v) is 5.27. The van der Waals surface area contributed by atoms with Crippen LogP contribution in [-0.2, 0) is 9.47 Å². The molecule has 1 atom stereocenters. The fraction of sp³-hybridized carbons (Fsp3) is 1.00. The van der Waals surface area contributed by atoms with Gasteiger partial charge in [-0.25, -0.2) is 0 Å². The number of halogens is 1. The number of methoxy groups -OCH3 is 1. The zero-order valence-electron chi connectivity index (χ0n) is 7.69. The number of alkyl halides is 1. The van der Waals surface area contributed by atoms with E-state index in [4.69, 9.17) is 9.47 Å². The van der Waals surface area contributed by atoms with E-state index < -0.39 is 0 Å². The maximum Gasteiger partial charge on any atom is 0.0787 e. The lowest BCUT2D eigenvalue weighted by molar-refractivity contribution is -0.0733. The van der Waals surface area contributed by atoms with Crippen molar-refractivity contribution in [3.05, 3.63) is 0 Å². The summed E-state index contributed by atoms with van der Waals surface area (Å²) in [5.41, 5.74) is -0.0293. The van der Waals surface area contributed by atoms with Gasteiger partial charge in [0, 0.05) is 11.5 Å². The molecule has 0 rings (SSSR count). The second kappa shape index (κ2) is 5.32. The van der Waals surface area contributed by atoms with Gasteiger partial charge in [-0.15, -0.1) is 0 Å². The summed E-state index contributed by atoms with van der Waals surface area (Å²) in [7, 11) is 1.69. The van der Waals surface area contributed by atoms with Gasteiger partial charge in [0.25, 0.3) is 0 Å². The fourth-order valence-electron chi connectivity index (χ4n) is 0.845. The Labute approximate surface area is 82.8 Å². The summed E-state index contributed by atoms with van der Waals surface area (Å²) in [5.74, 6) is 0. The molecule has 0 bridgehead atoms. The minimum absolute atomic E-state index is 0.0293. The molecule has 0 N–H and O–H groups in total. The Morgan fingerprint density at radius 1 is 1.45 bits per heavy atom. The van der Waals surface area contributed by atoms with Gasteiger partial charge < -0.3 is 9.47 Å². The van der Waals surface area contributed by atoms with Crippen LogP contribution >= 0.6 is 22.6 Å². The van der Waals surface area contributed by atoms with Gasteiger partial charge in [0.1, 0.15) is 0 Å². The third-order valence-electron chi connectivity index (χ3n) is 1.24. The van der Waals surface area contributed by atoms with Gasteiger partial charge in [0.05, 0.1) is 18.3 Å². The molecule has 3 heteroatoms. The molecule has 0 aliphatic heterocycles. The molecule has 0 aliphatic carbocycles. The van der Waals surface area contributed by atoms with E-state index in [2.05, 4.69) is 36.4 Å². The smallest absolute Gasteiger partial charge is 0.0787 e. The van der Waals surface area contributed by atoms with Gasteiger partial charge in [-0.05, 0) is 20.8 Å². The Kier molecular flexibility index (Phi) is 5.64. The lowest BCUT2D eigenvalue weighted by Crippen LogP contribution is -2.32. The van der Waals surface area contributed by atoms with E-state index in [1.807, 2.05) is 6.92 Å². The van der Waals surface area contributed by atoms with Crippen LogP contribution in [0, 0.1) is 0 Å². The quantitative estimate of drug-likeness (QED) is 0.564. The Balaban J connectivity index is 3.64. The van der Waals surface area contributed by atoms with Crippen LogP contribution in [0.2, 0.25) is 0 Å². The summed E-state index contributed by atoms with van der Waals surface area (Å²) in [6.45, 7) is 6.87. The minimum Gasteiger partial charge on any atom is -0.382 e. The Morgan fingerprint density at radius 3 is 2.36 bits per heavy atom. The van der Waals surface area contributed by atoms with E-state index in [1.165, 1.54) is 0 Å². The van der Waals surface area contributed by atoms with Crippen LogP contribution in [-0.4, -0.2) is 29.8 Å². The van der Waals surface area contributed by atoms with E-state index in [-0.39, 0.29) is 11.7 Å². The van der Waals surface area contributed by atoms with E-state index in [0.717, 1.165) is 4.43 Å². The first-order valence-electron chi connectivity index (χ1n) is 3.74. The topological polar surface area (TPSA) is 18.5 Å². The fourth-order valence-corrected chi connectivity index (χ4v) is 1.02. The molecule has 0 aromatic heterocycles. The zero-order valence-corrected chi connectivity index (χ0v) is 9.84. The second-order valence-corrected chi connectivity index (χ2v) is 4.04. The first-order chi connectivity index (χ1) is 5.02. The minimum atomic E-state index is -0.0293. The van der Waals surface area contributed by atoms with Gasteiger partial charge >= 0.3 is 0 Å². The normalized spacial score (nSPS) is 15.0. The Bertz CT molecular complexity index is 104. The average Bonchev–Trinajstić information content (AvgIpc) is 1.87. The van der Waals surface area contributed by atoms with Crippen molar-refractivity contribution >= 4 is 22.6 Å². The van der Waals surface area contributed by atoms with Crippen molar-refractivity contribution in [2.75, 3.05) is 18.1 Å². The molecule has 0 saturated carbocycles. The lowest BCUT2D eigenvalue weighted by atomic mass is 10.2. The maximum atomic E-state index is 5.69. The molecule has 0 aromatic carbocycles. The molecule has 0 radical (unpaired) electrons. The molecule has 11 heavy (non-hydrogen) atoms. The number of hydrogen-bond acceptors (Lipinski definition) is 2. The Hall–Kier alpha value is 0.650. The van der Waals surface area contributed by atoms with Crippen molar-refractivity contribution in [2.24, 2.45) is 0 Å². The molecule has 2 nitrogen and oxygen atoms in total. The number of ether oxygens (including phenoxy) is 2. The van der Waals surface area contributed by atoms with Crippen molar-refractivity contribution in [3.63, 3.8) is 0 Å². The highest BCUT2D eigenvalue weighted by atomic mass is 127. The van der Waals surface area contributed by atoms with E-state index in [1.54, 1.807) is 7.11 Å². The predicted octanol–water partition coefficient (Wildman–Crippen LogP) is 2.25. The van der Waals surface area contributed by atoms with Crippen molar-refractivity contribution in [2.45, 2.75) is 32.5 Å². The summed E-state index contributed by atoms with van der Waals surface area (Å²) in [6.07, 6.45) is 0.185. The maximum absolute atomic E-state index is 5.69. The first kappa shape index (κ1) is 11.6. The van der Waals surface area contributed by atoms with Crippen LogP contribution in [0.25, 0.3) is 0 Å². The van der Waals surface area contributed by atoms with Crippen molar-refractivity contribution < 1.29 is 9.47 Å². The standard InChI is InChI=1S/C8H17IO2/c1-7(5-10-4)11-8(2,3)6-9/h7H,5-6H2,1-4H3. The number of rotatable bonds is 5. The highest BCUT2D eigenvalue weighted by Gasteiger charge is 2.19. The van der Waals surface area contributed by atoms with Gasteiger partial charge in [0.2, 0.25) is 0 Å². The van der Waals surface area contributed by atoms with E-state index >= 15 is 0 Å². The largest absolute Gasteiger partial charge is 0.382 e. The molecule has 0 aromatic rings. The monoisotopic (exact) mass is 272 g/mol. The molecular formula is C8H17IO2. The molecule has 0 aliphatic rings. The van der Waals surface area contributed by atoms with Crippen molar-refractivity contribution in [1.29, 1.82) is 0 Å². The molecular weight excluding hydrogens is 255 g/mol. The summed E-state index contributed by atoms with van der Waals surface area (Å²) in [5, 5.41) is 0. The third kappa shape index (κ3) is 5.87. The zero-order chi connectivity index (χ0) is 8.91. The summed E-state index contributed by atoms with van der Waals surface area (Å²) in [6, 6.07) is 0. The Morgan fingerprint density at radius 2 is 2.00 bits per heavy atom. The average molecular weight is 272 g/mol. The summed E-state index contributed by atoms with van der Waals surface area (Å²) in [4.78, 5) is 0. The van der Waals surface area contributed by atoms with Crippen LogP contribution in [0.15, 0.2) is 0 Å². The molecule has 68 valence electrons.